The van der Waals surface area contributed by atoms with Gasteiger partial charge < -0.3 is 5.32 Å². The molecule has 0 aliphatic carbocycles. The molecule has 0 bridgehead atoms. The fraction of sp³-hybridized carbons (Fsp3) is 0.471. The molecule has 108 valence electrons. The normalized spacial score (nSPS) is 12.9. The van der Waals surface area contributed by atoms with Gasteiger partial charge in [-0.2, -0.15) is 5.10 Å². The van der Waals surface area contributed by atoms with Crippen LogP contribution in [0.2, 0.25) is 0 Å². The molecule has 0 amide bonds. The zero-order chi connectivity index (χ0) is 14.7. The standard InChI is InChI=1S/C17H25N3/c1-12(2)16-8-6-15(7-9-16)10-18-13(3)17-11-20(5)19-14(17)4/h6-9,11-13,18H,10H2,1-5H3. The molecule has 1 aromatic carbocycles. The average Bonchev–Trinajstić information content (AvgIpc) is 2.75. The van der Waals surface area contributed by atoms with Gasteiger partial charge in [-0.3, -0.25) is 4.68 Å². The van der Waals surface area contributed by atoms with Gasteiger partial charge in [0.1, 0.15) is 0 Å². The van der Waals surface area contributed by atoms with Crippen molar-refractivity contribution in [2.45, 2.75) is 46.2 Å². The van der Waals surface area contributed by atoms with E-state index in [-0.39, 0.29) is 0 Å². The van der Waals surface area contributed by atoms with E-state index >= 15 is 0 Å². The molecule has 0 fully saturated rings. The molecule has 2 rings (SSSR count). The van der Waals surface area contributed by atoms with Crippen LogP contribution in [-0.4, -0.2) is 9.78 Å². The second-order valence-corrected chi connectivity index (χ2v) is 5.84. The van der Waals surface area contributed by atoms with E-state index in [1.807, 2.05) is 11.7 Å². The smallest absolute Gasteiger partial charge is 0.0641 e. The molecule has 2 aromatic rings. The van der Waals surface area contributed by atoms with Crippen molar-refractivity contribution in [3.05, 3.63) is 52.8 Å². The van der Waals surface area contributed by atoms with Crippen molar-refractivity contribution in [1.29, 1.82) is 0 Å². The SMILES string of the molecule is Cc1nn(C)cc1C(C)NCc1ccc(C(C)C)cc1. The Balaban J connectivity index is 1.96. The van der Waals surface area contributed by atoms with Crippen LogP contribution in [0.1, 0.15) is 55.1 Å². The summed E-state index contributed by atoms with van der Waals surface area (Å²) in [6.45, 7) is 9.58. The minimum atomic E-state index is 0.313. The topological polar surface area (TPSA) is 29.9 Å². The van der Waals surface area contributed by atoms with E-state index in [1.54, 1.807) is 0 Å². The first-order valence-electron chi connectivity index (χ1n) is 7.29. The van der Waals surface area contributed by atoms with E-state index in [1.165, 1.54) is 16.7 Å². The maximum atomic E-state index is 4.39. The molecule has 1 heterocycles. The molecule has 0 saturated heterocycles. The molecule has 0 aliphatic heterocycles. The largest absolute Gasteiger partial charge is 0.306 e. The Morgan fingerprint density at radius 1 is 1.15 bits per heavy atom. The quantitative estimate of drug-likeness (QED) is 0.898. The highest BCUT2D eigenvalue weighted by molar-refractivity contribution is 5.25. The molecule has 3 nitrogen and oxygen atoms in total. The van der Waals surface area contributed by atoms with Gasteiger partial charge in [0.15, 0.2) is 0 Å². The zero-order valence-corrected chi connectivity index (χ0v) is 13.1. The molecule has 1 N–H and O–H groups in total. The number of aryl methyl sites for hydroxylation is 2. The Bertz CT molecular complexity index is 552. The van der Waals surface area contributed by atoms with E-state index in [9.17, 15) is 0 Å². The fourth-order valence-electron chi connectivity index (χ4n) is 2.44. The highest BCUT2D eigenvalue weighted by Crippen LogP contribution is 2.17. The maximum absolute atomic E-state index is 4.39. The lowest BCUT2D eigenvalue weighted by molar-refractivity contribution is 0.572. The van der Waals surface area contributed by atoms with Crippen LogP contribution < -0.4 is 5.32 Å². The molecular formula is C17H25N3. The van der Waals surface area contributed by atoms with Gasteiger partial charge in [0, 0.05) is 31.4 Å². The van der Waals surface area contributed by atoms with Crippen molar-refractivity contribution in [3.63, 3.8) is 0 Å². The Labute approximate surface area is 122 Å². The van der Waals surface area contributed by atoms with E-state index in [2.05, 4.69) is 68.6 Å². The molecule has 0 saturated carbocycles. The summed E-state index contributed by atoms with van der Waals surface area (Å²) in [5, 5.41) is 7.96. The van der Waals surface area contributed by atoms with Gasteiger partial charge in [0.25, 0.3) is 0 Å². The van der Waals surface area contributed by atoms with E-state index < -0.39 is 0 Å². The third-order valence-electron chi connectivity index (χ3n) is 3.78. The van der Waals surface area contributed by atoms with Crippen LogP contribution in [0.4, 0.5) is 0 Å². The monoisotopic (exact) mass is 271 g/mol. The number of hydrogen-bond acceptors (Lipinski definition) is 2. The Hall–Kier alpha value is -1.61. The molecule has 1 aromatic heterocycles. The van der Waals surface area contributed by atoms with E-state index in [0.717, 1.165) is 12.2 Å². The summed E-state index contributed by atoms with van der Waals surface area (Å²) in [4.78, 5) is 0. The number of hydrogen-bond donors (Lipinski definition) is 1. The summed E-state index contributed by atoms with van der Waals surface area (Å²) in [6.07, 6.45) is 2.09. The lowest BCUT2D eigenvalue weighted by atomic mass is 10.0. The molecule has 0 radical (unpaired) electrons. The molecule has 0 aliphatic rings. The summed E-state index contributed by atoms with van der Waals surface area (Å²) < 4.78 is 1.88. The van der Waals surface area contributed by atoms with Crippen molar-refractivity contribution >= 4 is 0 Å². The van der Waals surface area contributed by atoms with Crippen molar-refractivity contribution < 1.29 is 0 Å². The van der Waals surface area contributed by atoms with Crippen LogP contribution >= 0.6 is 0 Å². The zero-order valence-electron chi connectivity index (χ0n) is 13.1. The second kappa shape index (κ2) is 6.23. The summed E-state index contributed by atoms with van der Waals surface area (Å²) in [5.74, 6) is 0.592. The Kier molecular flexibility index (Phi) is 4.61. The van der Waals surface area contributed by atoms with Gasteiger partial charge in [-0.05, 0) is 30.9 Å². The Morgan fingerprint density at radius 2 is 1.80 bits per heavy atom. The average molecular weight is 271 g/mol. The van der Waals surface area contributed by atoms with Crippen molar-refractivity contribution in [3.8, 4) is 0 Å². The molecular weight excluding hydrogens is 246 g/mol. The van der Waals surface area contributed by atoms with Crippen LogP contribution in [-0.2, 0) is 13.6 Å². The van der Waals surface area contributed by atoms with Gasteiger partial charge in [0.2, 0.25) is 0 Å². The lowest BCUT2D eigenvalue weighted by Gasteiger charge is -2.14. The van der Waals surface area contributed by atoms with Gasteiger partial charge in [0.05, 0.1) is 5.69 Å². The summed E-state index contributed by atoms with van der Waals surface area (Å²) in [7, 11) is 1.97. The first-order valence-corrected chi connectivity index (χ1v) is 7.29. The molecule has 1 unspecified atom stereocenters. The first kappa shape index (κ1) is 14.8. The molecule has 20 heavy (non-hydrogen) atoms. The summed E-state index contributed by atoms with van der Waals surface area (Å²) >= 11 is 0. The molecule has 1 atom stereocenters. The molecule has 0 spiro atoms. The number of rotatable bonds is 5. The van der Waals surface area contributed by atoms with E-state index in [0.29, 0.717) is 12.0 Å². The third kappa shape index (κ3) is 3.48. The van der Waals surface area contributed by atoms with Crippen LogP contribution in [0.5, 0.6) is 0 Å². The van der Waals surface area contributed by atoms with Crippen LogP contribution in [0.25, 0.3) is 0 Å². The lowest BCUT2D eigenvalue weighted by Crippen LogP contribution is -2.18. The van der Waals surface area contributed by atoms with Gasteiger partial charge in [-0.1, -0.05) is 38.1 Å². The van der Waals surface area contributed by atoms with E-state index in [4.69, 9.17) is 0 Å². The number of nitrogens with zero attached hydrogens (tertiary/aromatic N) is 2. The predicted octanol–water partition coefficient (Wildman–Crippen LogP) is 3.70. The van der Waals surface area contributed by atoms with Crippen molar-refractivity contribution in [1.82, 2.24) is 15.1 Å². The summed E-state index contributed by atoms with van der Waals surface area (Å²) in [6, 6.07) is 9.19. The van der Waals surface area contributed by atoms with Gasteiger partial charge in [-0.25, -0.2) is 0 Å². The number of aromatic nitrogens is 2. The highest BCUT2D eigenvalue weighted by atomic mass is 15.3. The maximum Gasteiger partial charge on any atom is 0.0641 e. The number of benzene rings is 1. The minimum absolute atomic E-state index is 0.313. The first-order chi connectivity index (χ1) is 9.47. The summed E-state index contributed by atoms with van der Waals surface area (Å²) in [5.41, 5.74) is 5.08. The fourth-order valence-corrected chi connectivity index (χ4v) is 2.44. The Morgan fingerprint density at radius 3 is 2.30 bits per heavy atom. The van der Waals surface area contributed by atoms with Crippen LogP contribution in [0, 0.1) is 6.92 Å². The minimum Gasteiger partial charge on any atom is -0.306 e. The number of nitrogens with one attached hydrogen (secondary N) is 1. The van der Waals surface area contributed by atoms with Crippen LogP contribution in [0.15, 0.2) is 30.5 Å². The highest BCUT2D eigenvalue weighted by Gasteiger charge is 2.11. The third-order valence-corrected chi connectivity index (χ3v) is 3.78. The second-order valence-electron chi connectivity index (χ2n) is 5.84. The van der Waals surface area contributed by atoms with Crippen LogP contribution in [0.3, 0.4) is 0 Å². The molecule has 3 heteroatoms. The predicted molar refractivity (Wildman–Crippen MR) is 83.7 cm³/mol. The van der Waals surface area contributed by atoms with Gasteiger partial charge in [-0.15, -0.1) is 0 Å². The van der Waals surface area contributed by atoms with Crippen molar-refractivity contribution in [2.24, 2.45) is 7.05 Å². The van der Waals surface area contributed by atoms with Gasteiger partial charge >= 0.3 is 0 Å². The van der Waals surface area contributed by atoms with Crippen molar-refractivity contribution in [2.75, 3.05) is 0 Å².